The monoisotopic (exact) mass is 354 g/mol. The van der Waals surface area contributed by atoms with Gasteiger partial charge in [-0.25, -0.2) is 0 Å². The van der Waals surface area contributed by atoms with Crippen LogP contribution in [-0.2, 0) is 17.9 Å². The summed E-state index contributed by atoms with van der Waals surface area (Å²) in [6.45, 7) is 4.07. The fourth-order valence-corrected chi connectivity index (χ4v) is 2.51. The number of amides is 1. The summed E-state index contributed by atoms with van der Waals surface area (Å²) < 4.78 is 3.02. The largest absolute Gasteiger partial charge is 0.322 e. The molecule has 9 heteroatoms. The maximum Gasteiger partial charge on any atom is 0.309 e. The minimum Gasteiger partial charge on any atom is -0.322 e. The maximum absolute atomic E-state index is 12.1. The van der Waals surface area contributed by atoms with E-state index in [1.807, 2.05) is 31.2 Å². The minimum atomic E-state index is -0.522. The molecule has 0 atom stereocenters. The molecular formula is C17H18N6O3. The molecule has 1 aromatic carbocycles. The third kappa shape index (κ3) is 3.94. The molecular weight excluding hydrogens is 336 g/mol. The van der Waals surface area contributed by atoms with Crippen molar-refractivity contribution in [2.75, 3.05) is 5.32 Å². The van der Waals surface area contributed by atoms with Crippen LogP contribution in [0.25, 0.3) is 0 Å². The van der Waals surface area contributed by atoms with Crippen molar-refractivity contribution in [2.24, 2.45) is 0 Å². The number of anilines is 1. The minimum absolute atomic E-state index is 0.108. The lowest BCUT2D eigenvalue weighted by Gasteiger charge is -2.04. The molecule has 3 rings (SSSR count). The Morgan fingerprint density at radius 2 is 1.92 bits per heavy atom. The number of hydrogen-bond acceptors (Lipinski definition) is 5. The molecule has 0 fully saturated rings. The fraction of sp³-hybridized carbons (Fsp3) is 0.235. The molecule has 0 aliphatic carbocycles. The molecule has 0 spiro atoms. The van der Waals surface area contributed by atoms with E-state index in [0.717, 1.165) is 11.8 Å². The molecule has 0 saturated heterocycles. The first-order valence-electron chi connectivity index (χ1n) is 7.97. The van der Waals surface area contributed by atoms with Gasteiger partial charge in [-0.1, -0.05) is 29.8 Å². The topological polar surface area (TPSA) is 108 Å². The Hall–Kier alpha value is -3.49. The number of nitro groups is 1. The zero-order valence-corrected chi connectivity index (χ0v) is 14.4. The molecule has 0 aliphatic heterocycles. The van der Waals surface area contributed by atoms with Crippen LogP contribution in [0.3, 0.4) is 0 Å². The van der Waals surface area contributed by atoms with E-state index in [0.29, 0.717) is 17.9 Å². The van der Waals surface area contributed by atoms with Gasteiger partial charge in [-0.2, -0.15) is 10.2 Å². The predicted molar refractivity (Wildman–Crippen MR) is 94.8 cm³/mol. The van der Waals surface area contributed by atoms with Gasteiger partial charge >= 0.3 is 5.69 Å². The number of rotatable bonds is 6. The van der Waals surface area contributed by atoms with Gasteiger partial charge in [0.05, 0.1) is 23.4 Å². The van der Waals surface area contributed by atoms with E-state index < -0.39 is 4.92 Å². The van der Waals surface area contributed by atoms with Gasteiger partial charge in [0.15, 0.2) is 0 Å². The average molecular weight is 354 g/mol. The molecule has 0 radical (unpaired) electrons. The Morgan fingerprint density at radius 1 is 1.19 bits per heavy atom. The number of aromatic nitrogens is 4. The normalized spacial score (nSPS) is 10.7. The van der Waals surface area contributed by atoms with Gasteiger partial charge in [0.1, 0.15) is 18.4 Å². The summed E-state index contributed by atoms with van der Waals surface area (Å²) in [6.07, 6.45) is 4.43. The van der Waals surface area contributed by atoms with Crippen molar-refractivity contribution in [3.8, 4) is 0 Å². The molecule has 0 bridgehead atoms. The fourth-order valence-electron chi connectivity index (χ4n) is 2.51. The summed E-state index contributed by atoms with van der Waals surface area (Å²) in [6, 6.07) is 8.13. The third-order valence-corrected chi connectivity index (χ3v) is 3.95. The van der Waals surface area contributed by atoms with Crippen molar-refractivity contribution in [3.05, 3.63) is 69.8 Å². The van der Waals surface area contributed by atoms with Crippen molar-refractivity contribution < 1.29 is 9.72 Å². The average Bonchev–Trinajstić information content (AvgIpc) is 3.17. The summed E-state index contributed by atoms with van der Waals surface area (Å²) in [7, 11) is 0. The third-order valence-electron chi connectivity index (χ3n) is 3.95. The lowest BCUT2D eigenvalue weighted by Crippen LogP contribution is -2.20. The molecule has 0 aliphatic rings. The maximum atomic E-state index is 12.1. The molecule has 0 unspecified atom stereocenters. The second-order valence-electron chi connectivity index (χ2n) is 5.99. The van der Waals surface area contributed by atoms with Crippen LogP contribution in [0, 0.1) is 24.0 Å². The molecule has 26 heavy (non-hydrogen) atoms. The zero-order chi connectivity index (χ0) is 18.7. The zero-order valence-electron chi connectivity index (χ0n) is 14.4. The second kappa shape index (κ2) is 7.18. The van der Waals surface area contributed by atoms with E-state index in [-0.39, 0.29) is 18.1 Å². The summed E-state index contributed by atoms with van der Waals surface area (Å²) in [5, 5.41) is 21.7. The van der Waals surface area contributed by atoms with E-state index in [1.165, 1.54) is 10.2 Å². The first kappa shape index (κ1) is 17.3. The number of nitrogens with zero attached hydrogens (tertiary/aromatic N) is 5. The number of carbonyl (C=O) groups is 1. The quantitative estimate of drug-likeness (QED) is 0.540. The van der Waals surface area contributed by atoms with Crippen LogP contribution in [0.1, 0.15) is 16.8 Å². The lowest BCUT2D eigenvalue weighted by molar-refractivity contribution is -0.385. The Morgan fingerprint density at radius 3 is 2.58 bits per heavy atom. The highest BCUT2D eigenvalue weighted by atomic mass is 16.6. The SMILES string of the molecule is Cc1ccc(Cn2cc(NC(=O)Cn3ncc([N+](=O)[O-])c3C)cn2)cc1. The molecule has 2 heterocycles. The van der Waals surface area contributed by atoms with Crippen molar-refractivity contribution in [2.45, 2.75) is 26.9 Å². The summed E-state index contributed by atoms with van der Waals surface area (Å²) in [5.41, 5.74) is 3.08. The van der Waals surface area contributed by atoms with Crippen molar-refractivity contribution in [1.82, 2.24) is 19.6 Å². The van der Waals surface area contributed by atoms with Gasteiger partial charge in [0.25, 0.3) is 0 Å². The Kier molecular flexibility index (Phi) is 4.78. The molecule has 3 aromatic rings. The molecule has 1 amide bonds. The number of benzene rings is 1. The molecule has 2 aromatic heterocycles. The van der Waals surface area contributed by atoms with Crippen LogP contribution in [0.2, 0.25) is 0 Å². The van der Waals surface area contributed by atoms with Gasteiger partial charge in [0.2, 0.25) is 5.91 Å². The van der Waals surface area contributed by atoms with Gasteiger partial charge in [-0.05, 0) is 19.4 Å². The van der Waals surface area contributed by atoms with Crippen molar-refractivity contribution in [3.63, 3.8) is 0 Å². The van der Waals surface area contributed by atoms with E-state index in [2.05, 4.69) is 15.5 Å². The van der Waals surface area contributed by atoms with Crippen molar-refractivity contribution in [1.29, 1.82) is 0 Å². The second-order valence-corrected chi connectivity index (χ2v) is 5.99. The van der Waals surface area contributed by atoms with Crippen molar-refractivity contribution >= 4 is 17.3 Å². The summed E-state index contributed by atoms with van der Waals surface area (Å²) in [5.74, 6) is -0.332. The van der Waals surface area contributed by atoms with Crippen LogP contribution in [0.15, 0.2) is 42.9 Å². The van der Waals surface area contributed by atoms with E-state index in [9.17, 15) is 14.9 Å². The van der Waals surface area contributed by atoms with Gasteiger partial charge < -0.3 is 5.32 Å². The smallest absolute Gasteiger partial charge is 0.309 e. The van der Waals surface area contributed by atoms with Crippen LogP contribution >= 0.6 is 0 Å². The van der Waals surface area contributed by atoms with Crippen LogP contribution in [-0.4, -0.2) is 30.4 Å². The Balaban J connectivity index is 1.61. The number of aryl methyl sites for hydroxylation is 1. The standard InChI is InChI=1S/C17H18N6O3/c1-12-3-5-14(6-4-12)9-21-10-15(7-18-21)20-17(24)11-22-13(2)16(8-19-22)23(25)26/h3-8,10H,9,11H2,1-2H3,(H,20,24). The van der Waals surface area contributed by atoms with E-state index in [1.54, 1.807) is 24.0 Å². The summed E-state index contributed by atoms with van der Waals surface area (Å²) >= 11 is 0. The Labute approximate surface area is 149 Å². The number of carbonyl (C=O) groups excluding carboxylic acids is 1. The van der Waals surface area contributed by atoms with Gasteiger partial charge in [0, 0.05) is 6.20 Å². The van der Waals surface area contributed by atoms with Crippen LogP contribution < -0.4 is 5.32 Å². The molecule has 134 valence electrons. The Bertz CT molecular complexity index is 942. The first-order valence-corrected chi connectivity index (χ1v) is 7.97. The highest BCUT2D eigenvalue weighted by molar-refractivity contribution is 5.90. The molecule has 9 nitrogen and oxygen atoms in total. The van der Waals surface area contributed by atoms with Gasteiger partial charge in [-0.3, -0.25) is 24.3 Å². The van der Waals surface area contributed by atoms with E-state index >= 15 is 0 Å². The van der Waals surface area contributed by atoms with E-state index in [4.69, 9.17) is 0 Å². The molecule has 1 N–H and O–H groups in total. The first-order chi connectivity index (χ1) is 12.4. The van der Waals surface area contributed by atoms with Crippen LogP contribution in [0.5, 0.6) is 0 Å². The van der Waals surface area contributed by atoms with Gasteiger partial charge in [-0.15, -0.1) is 0 Å². The summed E-state index contributed by atoms with van der Waals surface area (Å²) in [4.78, 5) is 22.4. The predicted octanol–water partition coefficient (Wildman–Crippen LogP) is 2.29. The number of nitrogens with one attached hydrogen (secondary N) is 1. The lowest BCUT2D eigenvalue weighted by atomic mass is 10.1. The highest BCUT2D eigenvalue weighted by Crippen LogP contribution is 2.16. The number of hydrogen-bond donors (Lipinski definition) is 1. The van der Waals surface area contributed by atoms with Crippen LogP contribution in [0.4, 0.5) is 11.4 Å². The highest BCUT2D eigenvalue weighted by Gasteiger charge is 2.18. The molecule has 0 saturated carbocycles.